The van der Waals surface area contributed by atoms with Gasteiger partial charge in [0.05, 0.1) is 25.6 Å². The number of thiophene rings is 1. The monoisotopic (exact) mass is 502 g/mol. The lowest BCUT2D eigenvalue weighted by Gasteiger charge is -2.35. The molecular weight excluding hydrogens is 472 g/mol. The van der Waals surface area contributed by atoms with Crippen molar-refractivity contribution in [2.24, 2.45) is 5.92 Å². The van der Waals surface area contributed by atoms with Crippen molar-refractivity contribution in [2.45, 2.75) is 38.6 Å². The van der Waals surface area contributed by atoms with Crippen molar-refractivity contribution >= 4 is 34.4 Å². The Morgan fingerprint density at radius 3 is 2.50 bits per heavy atom. The molecule has 2 aromatic carbocycles. The highest BCUT2D eigenvalue weighted by Gasteiger charge is 2.42. The number of ketones is 1. The minimum atomic E-state index is -0.468. The Morgan fingerprint density at radius 2 is 1.81 bits per heavy atom. The van der Waals surface area contributed by atoms with E-state index in [0.717, 1.165) is 27.5 Å². The molecule has 0 unspecified atom stereocenters. The molecule has 3 aromatic rings. The molecule has 7 heteroatoms. The van der Waals surface area contributed by atoms with Crippen LogP contribution in [0, 0.1) is 5.92 Å². The molecule has 0 saturated heterocycles. The fourth-order valence-corrected chi connectivity index (χ4v) is 5.99. The van der Waals surface area contributed by atoms with E-state index in [1.807, 2.05) is 78.7 Å². The Bertz CT molecular complexity index is 1330. The first-order chi connectivity index (χ1) is 17.4. The van der Waals surface area contributed by atoms with Gasteiger partial charge in [-0.05, 0) is 53.6 Å². The molecule has 186 valence electrons. The number of hydrogen-bond acceptors (Lipinski definition) is 6. The number of ether oxygens (including phenoxy) is 2. The molecule has 0 radical (unpaired) electrons. The van der Waals surface area contributed by atoms with Gasteiger partial charge in [-0.25, -0.2) is 0 Å². The fourth-order valence-electron chi connectivity index (χ4n) is 5.17. The van der Waals surface area contributed by atoms with Gasteiger partial charge in [0, 0.05) is 28.5 Å². The number of fused-ring (bicyclic) bond motifs is 1. The molecule has 2 heterocycles. The van der Waals surface area contributed by atoms with Crippen LogP contribution >= 0.6 is 11.3 Å². The van der Waals surface area contributed by atoms with Crippen LogP contribution in [0.4, 0.5) is 11.4 Å². The largest absolute Gasteiger partial charge is 0.493 e. The lowest BCUT2D eigenvalue weighted by molar-refractivity contribution is -0.121. The van der Waals surface area contributed by atoms with Gasteiger partial charge >= 0.3 is 0 Å². The average Bonchev–Trinajstić information content (AvgIpc) is 3.37. The third-order valence-electron chi connectivity index (χ3n) is 6.91. The Kier molecular flexibility index (Phi) is 6.58. The van der Waals surface area contributed by atoms with Crippen molar-refractivity contribution in [2.75, 3.05) is 24.4 Å². The smallest absolute Gasteiger partial charge is 0.230 e. The van der Waals surface area contributed by atoms with Gasteiger partial charge in [0.1, 0.15) is 6.04 Å². The second-order valence-electron chi connectivity index (χ2n) is 9.46. The molecule has 1 amide bonds. The van der Waals surface area contributed by atoms with Crippen molar-refractivity contribution < 1.29 is 19.1 Å². The zero-order valence-electron chi connectivity index (χ0n) is 20.9. The van der Waals surface area contributed by atoms with Crippen molar-refractivity contribution in [1.29, 1.82) is 0 Å². The van der Waals surface area contributed by atoms with Crippen molar-refractivity contribution in [3.05, 3.63) is 81.7 Å². The summed E-state index contributed by atoms with van der Waals surface area (Å²) in [5.74, 6) is 1.10. The Balaban J connectivity index is 1.65. The normalized spacial score (nSPS) is 19.4. The molecule has 6 nitrogen and oxygen atoms in total. The number of amides is 1. The molecule has 0 spiro atoms. The third kappa shape index (κ3) is 4.17. The number of Topliss-reactive ketones (excluding diaryl/α,β-unsaturated/α-hetero) is 1. The van der Waals surface area contributed by atoms with Crippen molar-refractivity contribution in [3.63, 3.8) is 0 Å². The number of nitrogens with one attached hydrogen (secondary N) is 1. The van der Waals surface area contributed by atoms with E-state index >= 15 is 0 Å². The summed E-state index contributed by atoms with van der Waals surface area (Å²) in [6.07, 6.45) is 1.01. The second-order valence-corrected chi connectivity index (χ2v) is 10.4. The Hall–Kier alpha value is -3.58. The highest BCUT2D eigenvalue weighted by molar-refractivity contribution is 7.10. The summed E-state index contributed by atoms with van der Waals surface area (Å²) in [7, 11) is 3.23. The minimum Gasteiger partial charge on any atom is -0.493 e. The predicted molar refractivity (Wildman–Crippen MR) is 143 cm³/mol. The molecule has 1 aromatic heterocycles. The summed E-state index contributed by atoms with van der Waals surface area (Å²) in [5, 5.41) is 5.57. The van der Waals surface area contributed by atoms with E-state index in [9.17, 15) is 9.59 Å². The topological polar surface area (TPSA) is 67.9 Å². The number of methoxy groups -OCH3 is 2. The molecule has 0 bridgehead atoms. The van der Waals surface area contributed by atoms with Crippen molar-refractivity contribution in [1.82, 2.24) is 0 Å². The van der Waals surface area contributed by atoms with Crippen LogP contribution in [0.2, 0.25) is 0 Å². The third-order valence-corrected chi connectivity index (χ3v) is 7.84. The van der Waals surface area contributed by atoms with Gasteiger partial charge in [-0.15, -0.1) is 11.3 Å². The summed E-state index contributed by atoms with van der Waals surface area (Å²) in [6, 6.07) is 17.2. The maximum absolute atomic E-state index is 14.0. The van der Waals surface area contributed by atoms with Crippen LogP contribution in [0.1, 0.15) is 49.1 Å². The molecule has 0 saturated carbocycles. The lowest BCUT2D eigenvalue weighted by atomic mass is 9.79. The second kappa shape index (κ2) is 9.82. The summed E-state index contributed by atoms with van der Waals surface area (Å²) in [4.78, 5) is 30.4. The first kappa shape index (κ1) is 24.1. The first-order valence-electron chi connectivity index (χ1n) is 12.1. The van der Waals surface area contributed by atoms with E-state index in [2.05, 4.69) is 5.32 Å². The van der Waals surface area contributed by atoms with Gasteiger partial charge in [0.25, 0.3) is 0 Å². The first-order valence-corrected chi connectivity index (χ1v) is 13.0. The number of allylic oxidation sites excluding steroid dienone is 1. The van der Waals surface area contributed by atoms with Crippen LogP contribution in [-0.4, -0.2) is 25.9 Å². The molecule has 1 aliphatic carbocycles. The molecule has 2 atom stereocenters. The van der Waals surface area contributed by atoms with Crippen LogP contribution in [-0.2, 0) is 9.59 Å². The van der Waals surface area contributed by atoms with E-state index in [4.69, 9.17) is 9.47 Å². The standard InChI is InChI=1S/C29H30N2O4S/c1-17(2)29(33)31-22-9-6-5-8-20(22)30-21-14-19(18-11-12-24(34-3)25(16-18)35-4)15-23(32)27(21)28(31)26-10-7-13-36-26/h5-13,16-17,19,28,30H,14-15H2,1-4H3/t19-,28+/m1/s1. The number of carbonyl (C=O) groups excluding carboxylic acids is 2. The number of nitrogens with zero attached hydrogens (tertiary/aromatic N) is 1. The van der Waals surface area contributed by atoms with Crippen LogP contribution < -0.4 is 19.7 Å². The lowest BCUT2D eigenvalue weighted by Crippen LogP contribution is -2.40. The summed E-state index contributed by atoms with van der Waals surface area (Å²) < 4.78 is 10.9. The van der Waals surface area contributed by atoms with Crippen LogP contribution in [0.25, 0.3) is 0 Å². The maximum Gasteiger partial charge on any atom is 0.230 e. The van der Waals surface area contributed by atoms with Gasteiger partial charge in [0.2, 0.25) is 5.91 Å². The summed E-state index contributed by atoms with van der Waals surface area (Å²) >= 11 is 1.57. The molecule has 0 fully saturated rings. The van der Waals surface area contributed by atoms with E-state index in [0.29, 0.717) is 29.9 Å². The number of anilines is 2. The van der Waals surface area contributed by atoms with Gasteiger partial charge in [-0.2, -0.15) is 0 Å². The molecule has 1 aliphatic heterocycles. The highest BCUT2D eigenvalue weighted by atomic mass is 32.1. The van der Waals surface area contributed by atoms with Crippen LogP contribution in [0.15, 0.2) is 71.2 Å². The zero-order chi connectivity index (χ0) is 25.4. The maximum atomic E-state index is 14.0. The predicted octanol–water partition coefficient (Wildman–Crippen LogP) is 6.32. The molecule has 5 rings (SSSR count). The van der Waals surface area contributed by atoms with Crippen molar-refractivity contribution in [3.8, 4) is 11.5 Å². The molecule has 36 heavy (non-hydrogen) atoms. The summed E-state index contributed by atoms with van der Waals surface area (Å²) in [5.41, 5.74) is 4.20. The van der Waals surface area contributed by atoms with Gasteiger partial charge in [0.15, 0.2) is 17.3 Å². The van der Waals surface area contributed by atoms with Crippen LogP contribution in [0.5, 0.6) is 11.5 Å². The highest BCUT2D eigenvalue weighted by Crippen LogP contribution is 2.49. The fraction of sp³-hybridized carbons (Fsp3) is 0.310. The molecule has 2 aliphatic rings. The van der Waals surface area contributed by atoms with E-state index in [-0.39, 0.29) is 23.5 Å². The Morgan fingerprint density at radius 1 is 1.03 bits per heavy atom. The SMILES string of the molecule is COc1ccc([C@H]2CC(=O)C3=C(C2)Nc2ccccc2N(C(=O)C(C)C)[C@H]3c2cccs2)cc1OC. The van der Waals surface area contributed by atoms with E-state index in [1.54, 1.807) is 25.6 Å². The van der Waals surface area contributed by atoms with E-state index < -0.39 is 6.04 Å². The number of hydrogen-bond donors (Lipinski definition) is 1. The molecular formula is C29H30N2O4S. The average molecular weight is 503 g/mol. The van der Waals surface area contributed by atoms with Crippen LogP contribution in [0.3, 0.4) is 0 Å². The number of carbonyl (C=O) groups is 2. The number of rotatable bonds is 5. The number of para-hydroxylation sites is 2. The van der Waals surface area contributed by atoms with Gasteiger partial charge in [-0.1, -0.05) is 38.1 Å². The van der Waals surface area contributed by atoms with Gasteiger partial charge in [-0.3, -0.25) is 14.5 Å². The van der Waals surface area contributed by atoms with E-state index in [1.165, 1.54) is 0 Å². The zero-order valence-corrected chi connectivity index (χ0v) is 21.7. The number of benzene rings is 2. The minimum absolute atomic E-state index is 0.00813. The van der Waals surface area contributed by atoms with Gasteiger partial charge < -0.3 is 14.8 Å². The quantitative estimate of drug-likeness (QED) is 0.442. The molecule has 1 N–H and O–H groups in total. The Labute approximate surface area is 215 Å². The summed E-state index contributed by atoms with van der Waals surface area (Å²) in [6.45, 7) is 3.81.